The molecule has 0 aliphatic carbocycles. The van der Waals surface area contributed by atoms with E-state index < -0.39 is 22.8 Å². The molecule has 0 saturated carbocycles. The average molecular weight is 238 g/mol. The minimum absolute atomic E-state index is 0.0750. The van der Waals surface area contributed by atoms with Crippen molar-refractivity contribution in [2.45, 2.75) is 26.2 Å². The number of phenolic OH excluding ortho intramolecular Hbond substituents is 3. The fraction of sp³-hybridized carbons (Fsp3) is 0.333. The molecule has 5 heteroatoms. The Balaban J connectivity index is 3.13. The number of aldehydes is 1. The van der Waals surface area contributed by atoms with E-state index in [4.69, 9.17) is 0 Å². The molecular formula is C12H14O5. The van der Waals surface area contributed by atoms with E-state index in [1.807, 2.05) is 6.92 Å². The second-order valence-corrected chi connectivity index (χ2v) is 3.75. The highest BCUT2D eigenvalue weighted by atomic mass is 16.3. The van der Waals surface area contributed by atoms with E-state index >= 15 is 0 Å². The number of rotatable bonds is 5. The van der Waals surface area contributed by atoms with E-state index in [0.29, 0.717) is 12.8 Å². The quantitative estimate of drug-likeness (QED) is 0.411. The van der Waals surface area contributed by atoms with E-state index in [1.54, 1.807) is 0 Å². The number of hydrogen-bond donors (Lipinski definition) is 3. The number of carbonyl (C=O) groups is 2. The van der Waals surface area contributed by atoms with Crippen LogP contribution in [0.1, 0.15) is 35.7 Å². The van der Waals surface area contributed by atoms with Crippen molar-refractivity contribution in [2.75, 3.05) is 0 Å². The van der Waals surface area contributed by atoms with Crippen molar-refractivity contribution in [3.8, 4) is 17.2 Å². The minimum atomic E-state index is -0.677. The average Bonchev–Trinajstić information content (AvgIpc) is 2.27. The molecule has 1 aromatic carbocycles. The van der Waals surface area contributed by atoms with Crippen molar-refractivity contribution in [3.05, 3.63) is 17.2 Å². The molecule has 0 bridgehead atoms. The number of carbonyl (C=O) groups excluding carboxylic acids is 2. The van der Waals surface area contributed by atoms with Crippen LogP contribution in [-0.2, 0) is 11.2 Å². The number of ketones is 1. The van der Waals surface area contributed by atoms with Crippen LogP contribution >= 0.6 is 0 Å². The SMILES string of the molecule is CCCC(=O)Cc1cc(O)c(O)c(C=O)c1O. The van der Waals surface area contributed by atoms with E-state index in [1.165, 1.54) is 0 Å². The van der Waals surface area contributed by atoms with E-state index in [2.05, 4.69) is 0 Å². The number of Topliss-reactive ketones (excluding diaryl/α,β-unsaturated/α-hetero) is 1. The van der Waals surface area contributed by atoms with Gasteiger partial charge in [0, 0.05) is 18.4 Å². The summed E-state index contributed by atoms with van der Waals surface area (Å²) in [5, 5.41) is 28.3. The zero-order chi connectivity index (χ0) is 13.0. The highest BCUT2D eigenvalue weighted by Gasteiger charge is 2.17. The van der Waals surface area contributed by atoms with Crippen LogP contribution in [0.2, 0.25) is 0 Å². The van der Waals surface area contributed by atoms with Crippen molar-refractivity contribution in [2.24, 2.45) is 0 Å². The predicted octanol–water partition coefficient (Wildman–Crippen LogP) is 1.53. The van der Waals surface area contributed by atoms with Crippen LogP contribution in [0.5, 0.6) is 17.2 Å². The van der Waals surface area contributed by atoms with Gasteiger partial charge in [-0.1, -0.05) is 6.92 Å². The van der Waals surface area contributed by atoms with Crippen LogP contribution in [0.25, 0.3) is 0 Å². The molecule has 0 spiro atoms. The topological polar surface area (TPSA) is 94.8 Å². The first-order valence-electron chi connectivity index (χ1n) is 5.24. The van der Waals surface area contributed by atoms with Gasteiger partial charge in [-0.15, -0.1) is 0 Å². The molecule has 0 fully saturated rings. The molecule has 0 radical (unpaired) electrons. The first-order chi connectivity index (χ1) is 8.01. The first-order valence-corrected chi connectivity index (χ1v) is 5.24. The molecule has 0 saturated heterocycles. The van der Waals surface area contributed by atoms with Gasteiger partial charge in [0.05, 0.1) is 0 Å². The summed E-state index contributed by atoms with van der Waals surface area (Å²) in [6.07, 6.45) is 1.20. The van der Waals surface area contributed by atoms with Crippen LogP contribution in [0.3, 0.4) is 0 Å². The highest BCUT2D eigenvalue weighted by molar-refractivity contribution is 5.88. The summed E-state index contributed by atoms with van der Waals surface area (Å²) in [6.45, 7) is 1.85. The molecule has 1 rings (SSSR count). The second-order valence-electron chi connectivity index (χ2n) is 3.75. The Morgan fingerprint density at radius 1 is 1.29 bits per heavy atom. The normalized spacial score (nSPS) is 10.2. The smallest absolute Gasteiger partial charge is 0.171 e. The monoisotopic (exact) mass is 238 g/mol. The van der Waals surface area contributed by atoms with Gasteiger partial charge in [0.15, 0.2) is 17.8 Å². The van der Waals surface area contributed by atoms with Crippen molar-refractivity contribution in [1.29, 1.82) is 0 Å². The molecule has 5 nitrogen and oxygen atoms in total. The van der Waals surface area contributed by atoms with Gasteiger partial charge in [-0.3, -0.25) is 9.59 Å². The van der Waals surface area contributed by atoms with Crippen LogP contribution in [0.15, 0.2) is 6.07 Å². The maximum absolute atomic E-state index is 11.4. The van der Waals surface area contributed by atoms with Crippen LogP contribution in [0, 0.1) is 0 Å². The Labute approximate surface area is 98.3 Å². The highest BCUT2D eigenvalue weighted by Crippen LogP contribution is 2.37. The standard InChI is InChI=1S/C12H14O5/c1-2-3-8(14)4-7-5-10(15)12(17)9(6-13)11(7)16/h5-6,15-17H,2-4H2,1H3. The molecule has 0 amide bonds. The van der Waals surface area contributed by atoms with Gasteiger partial charge in [0.1, 0.15) is 17.1 Å². The molecule has 0 heterocycles. The van der Waals surface area contributed by atoms with Gasteiger partial charge < -0.3 is 15.3 Å². The summed E-state index contributed by atoms with van der Waals surface area (Å²) >= 11 is 0. The molecule has 17 heavy (non-hydrogen) atoms. The Bertz CT molecular complexity index is 451. The first kappa shape index (κ1) is 13.0. The van der Waals surface area contributed by atoms with Gasteiger partial charge in [-0.25, -0.2) is 0 Å². The second kappa shape index (κ2) is 5.34. The molecule has 3 N–H and O–H groups in total. The maximum atomic E-state index is 11.4. The third-order valence-electron chi connectivity index (χ3n) is 2.40. The molecule has 0 aromatic heterocycles. The summed E-state index contributed by atoms with van der Waals surface area (Å²) < 4.78 is 0. The van der Waals surface area contributed by atoms with Crippen molar-refractivity contribution in [1.82, 2.24) is 0 Å². The Morgan fingerprint density at radius 2 is 1.94 bits per heavy atom. The molecule has 1 aromatic rings. The fourth-order valence-electron chi connectivity index (χ4n) is 1.55. The van der Waals surface area contributed by atoms with Crippen molar-refractivity contribution < 1.29 is 24.9 Å². The lowest BCUT2D eigenvalue weighted by Crippen LogP contribution is -2.03. The molecule has 0 aliphatic heterocycles. The summed E-state index contributed by atoms with van der Waals surface area (Å²) in [4.78, 5) is 22.1. The molecule has 0 unspecified atom stereocenters. The third-order valence-corrected chi connectivity index (χ3v) is 2.40. The van der Waals surface area contributed by atoms with Crippen molar-refractivity contribution in [3.63, 3.8) is 0 Å². The zero-order valence-corrected chi connectivity index (χ0v) is 9.43. The number of benzene rings is 1. The van der Waals surface area contributed by atoms with Crippen LogP contribution in [-0.4, -0.2) is 27.4 Å². The van der Waals surface area contributed by atoms with E-state index in [9.17, 15) is 24.9 Å². The van der Waals surface area contributed by atoms with Gasteiger partial charge in [-0.2, -0.15) is 0 Å². The zero-order valence-electron chi connectivity index (χ0n) is 9.43. The van der Waals surface area contributed by atoms with Gasteiger partial charge in [-0.05, 0) is 12.5 Å². The number of aromatic hydroxyl groups is 3. The summed E-state index contributed by atoms with van der Waals surface area (Å²) in [7, 11) is 0. The van der Waals surface area contributed by atoms with Gasteiger partial charge in [0.25, 0.3) is 0 Å². The lowest BCUT2D eigenvalue weighted by Gasteiger charge is -2.09. The van der Waals surface area contributed by atoms with Crippen LogP contribution in [0.4, 0.5) is 0 Å². The number of hydrogen-bond acceptors (Lipinski definition) is 5. The maximum Gasteiger partial charge on any atom is 0.171 e. The fourth-order valence-corrected chi connectivity index (χ4v) is 1.55. The van der Waals surface area contributed by atoms with E-state index in [0.717, 1.165) is 6.07 Å². The minimum Gasteiger partial charge on any atom is -0.507 e. The van der Waals surface area contributed by atoms with Gasteiger partial charge >= 0.3 is 0 Å². The van der Waals surface area contributed by atoms with Crippen LogP contribution < -0.4 is 0 Å². The Hall–Kier alpha value is -2.04. The number of phenols is 3. The Morgan fingerprint density at radius 3 is 2.47 bits per heavy atom. The largest absolute Gasteiger partial charge is 0.507 e. The molecule has 92 valence electrons. The molecule has 0 atom stereocenters. The third kappa shape index (κ3) is 2.75. The van der Waals surface area contributed by atoms with Gasteiger partial charge in [0.2, 0.25) is 0 Å². The summed E-state index contributed by atoms with van der Waals surface area (Å²) in [5.74, 6) is -1.77. The Kier molecular flexibility index (Phi) is 4.09. The van der Waals surface area contributed by atoms with Crippen molar-refractivity contribution >= 4 is 12.1 Å². The summed E-state index contributed by atoms with van der Waals surface area (Å²) in [5.41, 5.74) is -0.259. The lowest BCUT2D eigenvalue weighted by molar-refractivity contribution is -0.118. The predicted molar refractivity (Wildman–Crippen MR) is 60.4 cm³/mol. The molecule has 0 aliphatic rings. The molecular weight excluding hydrogens is 224 g/mol. The summed E-state index contributed by atoms with van der Waals surface area (Å²) in [6, 6.07) is 1.09. The van der Waals surface area contributed by atoms with E-state index in [-0.39, 0.29) is 24.1 Å². The lowest BCUT2D eigenvalue weighted by atomic mass is 10.0.